The fraction of sp³-hybridized carbons (Fsp3) is 0.222. The average Bonchev–Trinajstić information content (AvgIpc) is 3.23. The zero-order valence-corrected chi connectivity index (χ0v) is 13.4. The highest BCUT2D eigenvalue weighted by Crippen LogP contribution is 2.07. The summed E-state index contributed by atoms with van der Waals surface area (Å²) in [7, 11) is 0. The highest BCUT2D eigenvalue weighted by molar-refractivity contribution is 5.77. The number of carboxylic acids is 1. The molecule has 0 bridgehead atoms. The van der Waals surface area contributed by atoms with Gasteiger partial charge in [-0.2, -0.15) is 0 Å². The second-order valence-corrected chi connectivity index (χ2v) is 5.13. The van der Waals surface area contributed by atoms with Gasteiger partial charge in [-0.25, -0.2) is 0 Å². The van der Waals surface area contributed by atoms with E-state index in [4.69, 9.17) is 5.11 Å². The van der Waals surface area contributed by atoms with Crippen LogP contribution in [0.4, 0.5) is 0 Å². The van der Waals surface area contributed by atoms with Gasteiger partial charge in [0.2, 0.25) is 0 Å². The molecule has 1 saturated heterocycles. The number of rotatable bonds is 1. The predicted molar refractivity (Wildman–Crippen MR) is 94.8 cm³/mol. The fourth-order valence-corrected chi connectivity index (χ4v) is 2.12. The number of aromatic nitrogens is 2. The summed E-state index contributed by atoms with van der Waals surface area (Å²) >= 11 is 0. The number of hydrogen-bond acceptors (Lipinski definition) is 4. The fourth-order valence-electron chi connectivity index (χ4n) is 2.12. The number of piperazine rings is 1. The van der Waals surface area contributed by atoms with E-state index in [0.29, 0.717) is 6.54 Å². The maximum atomic E-state index is 10.3. The monoisotopic (exact) mass is 326 g/mol. The third-order valence-electron chi connectivity index (χ3n) is 3.35. The minimum Gasteiger partial charge on any atom is -0.480 e. The molecule has 1 aromatic carbocycles. The van der Waals surface area contributed by atoms with Gasteiger partial charge >= 0.3 is 5.97 Å². The number of aliphatic carboxylic acids is 1. The zero-order chi connectivity index (χ0) is 17.0. The Morgan fingerprint density at radius 2 is 1.79 bits per heavy atom. The van der Waals surface area contributed by atoms with Crippen LogP contribution in [0.5, 0.6) is 0 Å². The van der Waals surface area contributed by atoms with Gasteiger partial charge in [-0.15, -0.1) is 0 Å². The number of carboxylic acid groups (broad SMARTS) is 1. The van der Waals surface area contributed by atoms with Gasteiger partial charge in [0, 0.05) is 43.6 Å². The Hall–Kier alpha value is -2.70. The zero-order valence-electron chi connectivity index (χ0n) is 13.4. The van der Waals surface area contributed by atoms with Crippen LogP contribution in [-0.4, -0.2) is 46.7 Å². The lowest BCUT2D eigenvalue weighted by atomic mass is 10.2. The van der Waals surface area contributed by atoms with Crippen molar-refractivity contribution in [3.8, 4) is 0 Å². The van der Waals surface area contributed by atoms with Crippen LogP contribution in [0, 0.1) is 0 Å². The van der Waals surface area contributed by atoms with Gasteiger partial charge < -0.3 is 20.7 Å². The highest BCUT2D eigenvalue weighted by Gasteiger charge is 2.18. The van der Waals surface area contributed by atoms with Gasteiger partial charge in [0.05, 0.1) is 5.52 Å². The first-order valence-corrected chi connectivity index (χ1v) is 7.82. The van der Waals surface area contributed by atoms with Crippen molar-refractivity contribution in [1.29, 1.82) is 0 Å². The van der Waals surface area contributed by atoms with Crippen molar-refractivity contribution >= 4 is 16.9 Å². The predicted octanol–water partition coefficient (Wildman–Crippen LogP) is 1.88. The molecule has 0 radical (unpaired) electrons. The Morgan fingerprint density at radius 1 is 1.04 bits per heavy atom. The number of benzene rings is 1. The first-order valence-electron chi connectivity index (χ1n) is 7.82. The van der Waals surface area contributed by atoms with Gasteiger partial charge in [0.15, 0.2) is 0 Å². The Balaban J connectivity index is 0.000000137. The van der Waals surface area contributed by atoms with Crippen LogP contribution >= 0.6 is 0 Å². The van der Waals surface area contributed by atoms with Crippen molar-refractivity contribution < 1.29 is 9.90 Å². The molecule has 0 aliphatic carbocycles. The molecule has 6 heteroatoms. The number of nitrogens with zero attached hydrogens (tertiary/aromatic N) is 1. The van der Waals surface area contributed by atoms with Crippen molar-refractivity contribution in [3.63, 3.8) is 0 Å². The van der Waals surface area contributed by atoms with E-state index in [1.54, 1.807) is 0 Å². The normalized spacial score (nSPS) is 16.2. The third-order valence-corrected chi connectivity index (χ3v) is 3.35. The van der Waals surface area contributed by atoms with Crippen molar-refractivity contribution in [1.82, 2.24) is 20.6 Å². The van der Waals surface area contributed by atoms with Crippen LogP contribution in [0.1, 0.15) is 0 Å². The molecule has 3 aromatic rings. The van der Waals surface area contributed by atoms with Gasteiger partial charge in [0.25, 0.3) is 0 Å². The molecule has 1 atom stereocenters. The molecule has 0 spiro atoms. The van der Waals surface area contributed by atoms with Crippen LogP contribution in [-0.2, 0) is 4.79 Å². The third kappa shape index (κ3) is 6.20. The van der Waals surface area contributed by atoms with Crippen LogP contribution in [0.2, 0.25) is 0 Å². The first-order chi connectivity index (χ1) is 11.8. The summed E-state index contributed by atoms with van der Waals surface area (Å²) in [5.41, 5.74) is 1.06. The lowest BCUT2D eigenvalue weighted by Crippen LogP contribution is -2.52. The molecule has 1 aliphatic rings. The SMILES string of the molecule is O=C(O)C1CNCCN1.c1cc[nH]c1.c1ccc2ncccc2c1. The molecule has 4 rings (SSSR count). The van der Waals surface area contributed by atoms with Crippen molar-refractivity contribution in [2.75, 3.05) is 19.6 Å². The molecule has 4 N–H and O–H groups in total. The Morgan fingerprint density at radius 3 is 2.33 bits per heavy atom. The van der Waals surface area contributed by atoms with Crippen LogP contribution in [0.15, 0.2) is 67.1 Å². The van der Waals surface area contributed by atoms with Gasteiger partial charge in [0.1, 0.15) is 6.04 Å². The molecule has 0 amide bonds. The standard InChI is InChI=1S/C9H7N.C5H10N2O2.C4H5N/c1-2-6-9-8(4-1)5-3-7-10-9;8-5(9)4-3-6-1-2-7-4;1-2-4-5-3-1/h1-7H;4,6-7H,1-3H2,(H,8,9);1-5H. The van der Waals surface area contributed by atoms with E-state index in [1.165, 1.54) is 5.39 Å². The number of fused-ring (bicyclic) bond motifs is 1. The molecular weight excluding hydrogens is 304 g/mol. The molecule has 126 valence electrons. The molecular formula is C18H22N4O2. The summed E-state index contributed by atoms with van der Waals surface area (Å²) in [6, 6.07) is 15.6. The summed E-state index contributed by atoms with van der Waals surface area (Å²) in [6.45, 7) is 2.15. The molecule has 1 unspecified atom stereocenters. The maximum Gasteiger partial charge on any atom is 0.322 e. The second kappa shape index (κ2) is 10.1. The van der Waals surface area contributed by atoms with E-state index in [-0.39, 0.29) is 0 Å². The lowest BCUT2D eigenvalue weighted by Gasteiger charge is -2.20. The number of nitrogens with one attached hydrogen (secondary N) is 3. The molecule has 3 heterocycles. The summed E-state index contributed by atoms with van der Waals surface area (Å²) in [6.07, 6.45) is 5.56. The summed E-state index contributed by atoms with van der Waals surface area (Å²) < 4.78 is 0. The average molecular weight is 326 g/mol. The minimum atomic E-state index is -0.776. The first kappa shape index (κ1) is 17.7. The van der Waals surface area contributed by atoms with Gasteiger partial charge in [-0.1, -0.05) is 24.3 Å². The number of para-hydroxylation sites is 1. The van der Waals surface area contributed by atoms with Crippen molar-refractivity contribution in [2.45, 2.75) is 6.04 Å². The van der Waals surface area contributed by atoms with E-state index in [9.17, 15) is 4.79 Å². The summed E-state index contributed by atoms with van der Waals surface area (Å²) in [4.78, 5) is 17.3. The molecule has 0 saturated carbocycles. The molecule has 2 aromatic heterocycles. The van der Waals surface area contributed by atoms with Crippen molar-refractivity contribution in [2.24, 2.45) is 0 Å². The van der Waals surface area contributed by atoms with E-state index < -0.39 is 12.0 Å². The topological polar surface area (TPSA) is 90.0 Å². The molecule has 6 nitrogen and oxygen atoms in total. The molecule has 1 fully saturated rings. The summed E-state index contributed by atoms with van der Waals surface area (Å²) in [5, 5.41) is 15.5. The van der Waals surface area contributed by atoms with E-state index in [0.717, 1.165) is 18.6 Å². The van der Waals surface area contributed by atoms with Crippen molar-refractivity contribution in [3.05, 3.63) is 67.1 Å². The van der Waals surface area contributed by atoms with Crippen LogP contribution in [0.3, 0.4) is 0 Å². The number of carbonyl (C=O) groups is 1. The van der Waals surface area contributed by atoms with Crippen LogP contribution < -0.4 is 10.6 Å². The molecule has 24 heavy (non-hydrogen) atoms. The lowest BCUT2D eigenvalue weighted by molar-refractivity contribution is -0.139. The Kier molecular flexibility index (Phi) is 7.46. The Bertz CT molecular complexity index is 627. The number of H-pyrrole nitrogens is 1. The second-order valence-electron chi connectivity index (χ2n) is 5.13. The number of hydrogen-bond donors (Lipinski definition) is 4. The molecule has 1 aliphatic heterocycles. The van der Waals surface area contributed by atoms with E-state index in [2.05, 4.69) is 32.7 Å². The van der Waals surface area contributed by atoms with Gasteiger partial charge in [-0.05, 0) is 24.3 Å². The van der Waals surface area contributed by atoms with Crippen LogP contribution in [0.25, 0.3) is 10.9 Å². The van der Waals surface area contributed by atoms with E-state index >= 15 is 0 Å². The number of aromatic amines is 1. The highest BCUT2D eigenvalue weighted by atomic mass is 16.4. The smallest absolute Gasteiger partial charge is 0.322 e. The minimum absolute atomic E-state index is 0.390. The largest absolute Gasteiger partial charge is 0.480 e. The Labute approximate surface area is 140 Å². The van der Waals surface area contributed by atoms with E-state index in [1.807, 2.05) is 55.0 Å². The summed E-state index contributed by atoms with van der Waals surface area (Å²) in [5.74, 6) is -0.776. The maximum absolute atomic E-state index is 10.3. The quantitative estimate of drug-likeness (QED) is 0.548. The van der Waals surface area contributed by atoms with Gasteiger partial charge in [-0.3, -0.25) is 9.78 Å². The number of pyridine rings is 1.